The summed E-state index contributed by atoms with van der Waals surface area (Å²) < 4.78 is 4.68. The third-order valence-corrected chi connectivity index (χ3v) is 3.52. The molecule has 0 spiro atoms. The van der Waals surface area contributed by atoms with Crippen LogP contribution in [0.15, 0.2) is 54.6 Å². The van der Waals surface area contributed by atoms with Crippen LogP contribution in [0.3, 0.4) is 0 Å². The summed E-state index contributed by atoms with van der Waals surface area (Å²) >= 11 is 5.89. The molecule has 0 saturated carbocycles. The van der Waals surface area contributed by atoms with E-state index in [1.165, 1.54) is 13.2 Å². The maximum atomic E-state index is 12.2. The molecular weight excluding hydrogens is 318 g/mol. The molecule has 2 aromatic rings. The predicted octanol–water partition coefficient (Wildman–Crippen LogP) is 2.34. The van der Waals surface area contributed by atoms with E-state index in [1.54, 1.807) is 48.5 Å². The van der Waals surface area contributed by atoms with Crippen LogP contribution in [0.25, 0.3) is 0 Å². The number of hydrogen-bond acceptors (Lipinski definition) is 4. The number of benzene rings is 2. The Bertz CT molecular complexity index is 690. The number of amides is 1. The molecule has 0 aliphatic heterocycles. The number of rotatable bonds is 5. The number of aliphatic hydroxyl groups is 1. The highest BCUT2D eigenvalue weighted by Crippen LogP contribution is 2.21. The van der Waals surface area contributed by atoms with Gasteiger partial charge in [-0.3, -0.25) is 4.79 Å². The largest absolute Gasteiger partial charge is 0.467 e. The molecule has 0 saturated heterocycles. The van der Waals surface area contributed by atoms with Crippen LogP contribution < -0.4 is 5.32 Å². The minimum atomic E-state index is -1.28. The van der Waals surface area contributed by atoms with Crippen molar-refractivity contribution in [2.75, 3.05) is 7.11 Å². The van der Waals surface area contributed by atoms with E-state index in [9.17, 15) is 14.7 Å². The van der Waals surface area contributed by atoms with Crippen molar-refractivity contribution in [3.8, 4) is 0 Å². The highest BCUT2D eigenvalue weighted by molar-refractivity contribution is 6.30. The van der Waals surface area contributed by atoms with Gasteiger partial charge < -0.3 is 15.2 Å². The summed E-state index contributed by atoms with van der Waals surface area (Å²) in [4.78, 5) is 24.2. The summed E-state index contributed by atoms with van der Waals surface area (Å²) in [6.07, 6.45) is -1.28. The van der Waals surface area contributed by atoms with E-state index in [-0.39, 0.29) is 0 Å². The van der Waals surface area contributed by atoms with Crippen LogP contribution in [0.4, 0.5) is 0 Å². The molecule has 2 aromatic carbocycles. The van der Waals surface area contributed by atoms with Gasteiger partial charge in [0.25, 0.3) is 5.91 Å². The first-order valence-electron chi connectivity index (χ1n) is 6.90. The van der Waals surface area contributed by atoms with Crippen LogP contribution >= 0.6 is 11.6 Å². The molecule has 6 heteroatoms. The lowest BCUT2D eigenvalue weighted by Crippen LogP contribution is -2.45. The number of esters is 1. The topological polar surface area (TPSA) is 75.6 Å². The summed E-state index contributed by atoms with van der Waals surface area (Å²) in [5, 5.41) is 13.3. The van der Waals surface area contributed by atoms with Gasteiger partial charge in [0.05, 0.1) is 7.11 Å². The third-order valence-electron chi connectivity index (χ3n) is 3.28. The van der Waals surface area contributed by atoms with Gasteiger partial charge in [-0.2, -0.15) is 0 Å². The van der Waals surface area contributed by atoms with Gasteiger partial charge in [-0.05, 0) is 29.8 Å². The average molecular weight is 334 g/mol. The Morgan fingerprint density at radius 2 is 1.83 bits per heavy atom. The molecular formula is C17H16ClNO4. The summed E-state index contributed by atoms with van der Waals surface area (Å²) in [5.74, 6) is -1.23. The van der Waals surface area contributed by atoms with Crippen LogP contribution in [-0.2, 0) is 9.53 Å². The summed E-state index contributed by atoms with van der Waals surface area (Å²) in [5.41, 5.74) is 0.779. The van der Waals surface area contributed by atoms with Crippen molar-refractivity contribution in [3.05, 3.63) is 70.7 Å². The summed E-state index contributed by atoms with van der Waals surface area (Å²) in [7, 11) is 1.19. The first kappa shape index (κ1) is 17.0. The summed E-state index contributed by atoms with van der Waals surface area (Å²) in [6, 6.07) is 13.6. The van der Waals surface area contributed by atoms with E-state index in [4.69, 9.17) is 11.6 Å². The number of methoxy groups -OCH3 is 1. The van der Waals surface area contributed by atoms with Crippen molar-refractivity contribution in [1.82, 2.24) is 5.32 Å². The highest BCUT2D eigenvalue weighted by atomic mass is 35.5. The fraction of sp³-hybridized carbons (Fsp3) is 0.176. The maximum Gasteiger partial charge on any atom is 0.331 e. The van der Waals surface area contributed by atoms with Gasteiger partial charge in [-0.15, -0.1) is 0 Å². The van der Waals surface area contributed by atoms with Crippen molar-refractivity contribution in [1.29, 1.82) is 0 Å². The van der Waals surface area contributed by atoms with Crippen molar-refractivity contribution >= 4 is 23.5 Å². The van der Waals surface area contributed by atoms with Crippen molar-refractivity contribution in [3.63, 3.8) is 0 Å². The molecule has 23 heavy (non-hydrogen) atoms. The quantitative estimate of drug-likeness (QED) is 0.824. The Balaban J connectivity index is 2.23. The fourth-order valence-corrected chi connectivity index (χ4v) is 2.29. The first-order chi connectivity index (χ1) is 11.0. The molecule has 2 rings (SSSR count). The van der Waals surface area contributed by atoms with Crippen molar-refractivity contribution in [2.24, 2.45) is 0 Å². The lowest BCUT2D eigenvalue weighted by atomic mass is 10.0. The number of carbonyl (C=O) groups excluding carboxylic acids is 2. The van der Waals surface area contributed by atoms with E-state index >= 15 is 0 Å². The predicted molar refractivity (Wildman–Crippen MR) is 86.1 cm³/mol. The first-order valence-corrected chi connectivity index (χ1v) is 7.28. The van der Waals surface area contributed by atoms with E-state index in [1.807, 2.05) is 0 Å². The number of hydrogen-bond donors (Lipinski definition) is 2. The zero-order valence-electron chi connectivity index (χ0n) is 12.4. The highest BCUT2D eigenvalue weighted by Gasteiger charge is 2.31. The minimum absolute atomic E-state index is 0.375. The van der Waals surface area contributed by atoms with Gasteiger partial charge in [0.1, 0.15) is 6.10 Å². The zero-order chi connectivity index (χ0) is 16.8. The Hall–Kier alpha value is -2.37. The molecule has 0 radical (unpaired) electrons. The number of aliphatic hydroxyl groups excluding tert-OH is 1. The van der Waals surface area contributed by atoms with E-state index in [0.717, 1.165) is 0 Å². The second kappa shape index (κ2) is 7.76. The maximum absolute atomic E-state index is 12.2. The van der Waals surface area contributed by atoms with Crippen LogP contribution in [0, 0.1) is 0 Å². The molecule has 0 fully saturated rings. The minimum Gasteiger partial charge on any atom is -0.467 e. The van der Waals surface area contributed by atoms with Gasteiger partial charge in [0.15, 0.2) is 6.04 Å². The van der Waals surface area contributed by atoms with Crippen LogP contribution in [0.5, 0.6) is 0 Å². The van der Waals surface area contributed by atoms with E-state index < -0.39 is 24.0 Å². The number of halogens is 1. The SMILES string of the molecule is COC(=O)[C@H](NC(=O)c1ccccc1)[C@H](O)c1cccc(Cl)c1. The van der Waals surface area contributed by atoms with Gasteiger partial charge in [-0.25, -0.2) is 4.79 Å². The van der Waals surface area contributed by atoms with Crippen LogP contribution in [0.2, 0.25) is 5.02 Å². The lowest BCUT2D eigenvalue weighted by molar-refractivity contribution is -0.146. The Kier molecular flexibility index (Phi) is 5.73. The molecule has 120 valence electrons. The molecule has 0 bridgehead atoms. The molecule has 0 aliphatic carbocycles. The lowest BCUT2D eigenvalue weighted by Gasteiger charge is -2.22. The van der Waals surface area contributed by atoms with Gasteiger partial charge in [0.2, 0.25) is 0 Å². The Labute approximate surface area is 138 Å². The van der Waals surface area contributed by atoms with Crippen molar-refractivity contribution in [2.45, 2.75) is 12.1 Å². The smallest absolute Gasteiger partial charge is 0.331 e. The normalized spacial score (nSPS) is 13.0. The van der Waals surface area contributed by atoms with Crippen LogP contribution in [0.1, 0.15) is 22.0 Å². The molecule has 0 aromatic heterocycles. The molecule has 2 N–H and O–H groups in total. The molecule has 0 unspecified atom stereocenters. The van der Waals surface area contributed by atoms with Gasteiger partial charge in [-0.1, -0.05) is 41.9 Å². The summed E-state index contributed by atoms with van der Waals surface area (Å²) in [6.45, 7) is 0. The number of ether oxygens (including phenoxy) is 1. The standard InChI is InChI=1S/C17H16ClNO4/c1-23-17(22)14(15(20)12-8-5-9-13(18)10-12)19-16(21)11-6-3-2-4-7-11/h2-10,14-15,20H,1H3,(H,19,21)/t14-,15-/m1/s1. The van der Waals surface area contributed by atoms with Gasteiger partial charge >= 0.3 is 5.97 Å². The molecule has 2 atom stereocenters. The molecule has 1 amide bonds. The zero-order valence-corrected chi connectivity index (χ0v) is 13.2. The fourth-order valence-electron chi connectivity index (χ4n) is 2.09. The number of carbonyl (C=O) groups is 2. The van der Waals surface area contributed by atoms with E-state index in [2.05, 4.69) is 10.1 Å². The third kappa shape index (κ3) is 4.31. The monoisotopic (exact) mass is 333 g/mol. The second-order valence-electron chi connectivity index (χ2n) is 4.84. The Morgan fingerprint density at radius 3 is 2.43 bits per heavy atom. The van der Waals surface area contributed by atoms with Gasteiger partial charge in [0, 0.05) is 10.6 Å². The number of nitrogens with one attached hydrogen (secondary N) is 1. The van der Waals surface area contributed by atoms with Crippen LogP contribution in [-0.4, -0.2) is 30.1 Å². The molecule has 0 heterocycles. The Morgan fingerprint density at radius 1 is 1.13 bits per heavy atom. The molecule has 5 nitrogen and oxygen atoms in total. The molecule has 0 aliphatic rings. The van der Waals surface area contributed by atoms with E-state index in [0.29, 0.717) is 16.1 Å². The second-order valence-corrected chi connectivity index (χ2v) is 5.28. The van der Waals surface area contributed by atoms with Crippen molar-refractivity contribution < 1.29 is 19.4 Å². The average Bonchev–Trinajstić information content (AvgIpc) is 2.59.